The van der Waals surface area contributed by atoms with Crippen molar-refractivity contribution in [2.45, 2.75) is 33.1 Å². The van der Waals surface area contributed by atoms with Crippen molar-refractivity contribution in [2.24, 2.45) is 17.8 Å². The highest BCUT2D eigenvalue weighted by atomic mass is 19.1. The number of fused-ring (bicyclic) bond motifs is 1. The van der Waals surface area contributed by atoms with E-state index < -0.39 is 0 Å². The number of aromatic nitrogens is 3. The number of halogens is 1. The zero-order valence-corrected chi connectivity index (χ0v) is 18.5. The van der Waals surface area contributed by atoms with Crippen LogP contribution in [0.3, 0.4) is 0 Å². The molecule has 0 radical (unpaired) electrons. The fourth-order valence-electron chi connectivity index (χ4n) is 5.29. The van der Waals surface area contributed by atoms with Crippen molar-refractivity contribution in [3.05, 3.63) is 36.4 Å². The molecule has 2 aliphatic rings. The normalized spacial score (nSPS) is 24.2. The van der Waals surface area contributed by atoms with Crippen LogP contribution in [0.25, 0.3) is 22.4 Å². The van der Waals surface area contributed by atoms with Crippen molar-refractivity contribution in [1.82, 2.24) is 20.0 Å². The average molecular weight is 438 g/mol. The number of hydrogen-bond acceptors (Lipinski definition) is 6. The van der Waals surface area contributed by atoms with Crippen LogP contribution in [0.2, 0.25) is 0 Å². The number of hydrogen-bond donors (Lipinski definition) is 0. The molecule has 2 fully saturated rings. The van der Waals surface area contributed by atoms with Crippen LogP contribution in [0.15, 0.2) is 35.1 Å². The van der Waals surface area contributed by atoms with Gasteiger partial charge in [-0.05, 0) is 55.4 Å². The number of amides is 1. The number of carbonyl (C=O) groups excluding carboxylic acids is 1. The Balaban J connectivity index is 1.43. The monoisotopic (exact) mass is 437 g/mol. The van der Waals surface area contributed by atoms with Crippen LogP contribution in [0, 0.1) is 23.6 Å². The maximum absolute atomic E-state index is 13.4. The molecule has 8 heteroatoms. The summed E-state index contributed by atoms with van der Waals surface area (Å²) in [5, 5.41) is 4.89. The molecule has 2 saturated heterocycles. The number of carbonyl (C=O) groups is 1. The molecule has 32 heavy (non-hydrogen) atoms. The summed E-state index contributed by atoms with van der Waals surface area (Å²) in [6, 6.07) is 6.14. The van der Waals surface area contributed by atoms with Crippen molar-refractivity contribution >= 4 is 22.8 Å². The van der Waals surface area contributed by atoms with Crippen LogP contribution in [0.1, 0.15) is 33.1 Å². The Labute approximate surface area is 186 Å². The van der Waals surface area contributed by atoms with Crippen LogP contribution in [0.5, 0.6) is 0 Å². The summed E-state index contributed by atoms with van der Waals surface area (Å²) < 4.78 is 18.9. The molecule has 0 unspecified atom stereocenters. The van der Waals surface area contributed by atoms with Crippen molar-refractivity contribution < 1.29 is 13.7 Å². The summed E-state index contributed by atoms with van der Waals surface area (Å²) in [6.45, 7) is 7.55. The molecule has 1 amide bonds. The largest absolute Gasteiger partial charge is 0.355 e. The molecule has 0 saturated carbocycles. The predicted octanol–water partition coefficient (Wildman–Crippen LogP) is 4.14. The quantitative estimate of drug-likeness (QED) is 0.613. The first-order chi connectivity index (χ1) is 15.5. The minimum Gasteiger partial charge on any atom is -0.355 e. The summed E-state index contributed by atoms with van der Waals surface area (Å²) in [6.07, 6.45) is 4.45. The molecular formula is C24H28FN5O2. The number of rotatable bonds is 3. The molecule has 0 aliphatic carbocycles. The lowest BCUT2D eigenvalue weighted by molar-refractivity contribution is -0.138. The van der Waals surface area contributed by atoms with Gasteiger partial charge in [-0.2, -0.15) is 4.98 Å². The molecular weight excluding hydrogens is 409 g/mol. The van der Waals surface area contributed by atoms with Gasteiger partial charge in [-0.15, -0.1) is 0 Å². The van der Waals surface area contributed by atoms with Gasteiger partial charge in [0, 0.05) is 31.7 Å². The SMILES string of the molecule is C[C@@H]1C[C@@H](C)CN(C(=O)[C@@H]2CCCN(c3ncnc4onc(-c5ccc(F)cc5)c34)C2)C1. The highest BCUT2D eigenvalue weighted by Crippen LogP contribution is 2.35. The highest BCUT2D eigenvalue weighted by molar-refractivity contribution is 5.98. The van der Waals surface area contributed by atoms with Gasteiger partial charge in [0.2, 0.25) is 5.91 Å². The van der Waals surface area contributed by atoms with Crippen LogP contribution in [0.4, 0.5) is 10.2 Å². The van der Waals surface area contributed by atoms with E-state index in [9.17, 15) is 9.18 Å². The van der Waals surface area contributed by atoms with Gasteiger partial charge in [0.15, 0.2) is 0 Å². The van der Waals surface area contributed by atoms with Gasteiger partial charge in [0.05, 0.1) is 5.92 Å². The van der Waals surface area contributed by atoms with E-state index in [-0.39, 0.29) is 17.6 Å². The summed E-state index contributed by atoms with van der Waals surface area (Å²) in [5.41, 5.74) is 1.71. The average Bonchev–Trinajstić information content (AvgIpc) is 3.23. The number of piperidine rings is 2. The second kappa shape index (κ2) is 8.48. The second-order valence-electron chi connectivity index (χ2n) is 9.39. The molecule has 168 valence electrons. The van der Waals surface area contributed by atoms with Crippen molar-refractivity contribution in [3.8, 4) is 11.3 Å². The van der Waals surface area contributed by atoms with Gasteiger partial charge < -0.3 is 14.3 Å². The van der Waals surface area contributed by atoms with Crippen molar-refractivity contribution in [3.63, 3.8) is 0 Å². The summed E-state index contributed by atoms with van der Waals surface area (Å²) in [7, 11) is 0. The molecule has 3 aromatic rings. The maximum Gasteiger partial charge on any atom is 0.263 e. The van der Waals surface area contributed by atoms with Crippen molar-refractivity contribution in [2.75, 3.05) is 31.1 Å². The third-order valence-electron chi connectivity index (χ3n) is 6.62. The fraction of sp³-hybridized carbons (Fsp3) is 0.500. The lowest BCUT2D eigenvalue weighted by Crippen LogP contribution is -2.49. The second-order valence-corrected chi connectivity index (χ2v) is 9.39. The first-order valence-corrected chi connectivity index (χ1v) is 11.4. The Morgan fingerprint density at radius 3 is 2.59 bits per heavy atom. The molecule has 0 N–H and O–H groups in total. The van der Waals surface area contributed by atoms with Gasteiger partial charge >= 0.3 is 0 Å². The zero-order valence-electron chi connectivity index (χ0n) is 18.5. The maximum atomic E-state index is 13.4. The van der Waals surface area contributed by atoms with E-state index >= 15 is 0 Å². The lowest BCUT2D eigenvalue weighted by Gasteiger charge is -2.40. The van der Waals surface area contributed by atoms with E-state index in [1.807, 2.05) is 0 Å². The van der Waals surface area contributed by atoms with E-state index in [1.165, 1.54) is 24.9 Å². The third-order valence-corrected chi connectivity index (χ3v) is 6.62. The first kappa shape index (κ1) is 20.8. The summed E-state index contributed by atoms with van der Waals surface area (Å²) in [5.74, 6) is 1.69. The number of likely N-dealkylation sites (tertiary alicyclic amines) is 1. The van der Waals surface area contributed by atoms with Crippen LogP contribution < -0.4 is 4.90 Å². The van der Waals surface area contributed by atoms with Crippen LogP contribution in [-0.4, -0.2) is 52.1 Å². The van der Waals surface area contributed by atoms with Crippen LogP contribution >= 0.6 is 0 Å². The van der Waals surface area contributed by atoms with Gasteiger partial charge in [0.1, 0.15) is 29.0 Å². The van der Waals surface area contributed by atoms with E-state index in [0.717, 1.165) is 38.0 Å². The van der Waals surface area contributed by atoms with E-state index in [4.69, 9.17) is 4.52 Å². The zero-order chi connectivity index (χ0) is 22.2. The highest BCUT2D eigenvalue weighted by Gasteiger charge is 2.34. The molecule has 3 atom stereocenters. The summed E-state index contributed by atoms with van der Waals surface area (Å²) in [4.78, 5) is 26.3. The Morgan fingerprint density at radius 2 is 1.84 bits per heavy atom. The molecule has 2 aromatic heterocycles. The molecule has 5 rings (SSSR count). The Kier molecular flexibility index (Phi) is 5.53. The lowest BCUT2D eigenvalue weighted by atomic mass is 9.89. The number of anilines is 1. The molecule has 0 bridgehead atoms. The molecule has 1 aromatic carbocycles. The van der Waals surface area contributed by atoms with Gasteiger partial charge in [0.25, 0.3) is 5.71 Å². The third kappa shape index (κ3) is 3.94. The smallest absolute Gasteiger partial charge is 0.263 e. The fourth-order valence-corrected chi connectivity index (χ4v) is 5.29. The molecule has 0 spiro atoms. The van der Waals surface area contributed by atoms with E-state index in [1.54, 1.807) is 12.1 Å². The minimum absolute atomic E-state index is 0.0552. The number of nitrogens with zero attached hydrogens (tertiary/aromatic N) is 5. The molecule has 7 nitrogen and oxygen atoms in total. The Morgan fingerprint density at radius 1 is 1.09 bits per heavy atom. The molecule has 4 heterocycles. The van der Waals surface area contributed by atoms with Gasteiger partial charge in [-0.3, -0.25) is 4.79 Å². The number of benzene rings is 1. The van der Waals surface area contributed by atoms with Crippen molar-refractivity contribution in [1.29, 1.82) is 0 Å². The van der Waals surface area contributed by atoms with E-state index in [0.29, 0.717) is 41.0 Å². The van der Waals surface area contributed by atoms with E-state index in [2.05, 4.69) is 38.8 Å². The van der Waals surface area contributed by atoms with Gasteiger partial charge in [-0.25, -0.2) is 9.37 Å². The Bertz CT molecular complexity index is 1110. The topological polar surface area (TPSA) is 75.4 Å². The first-order valence-electron chi connectivity index (χ1n) is 11.4. The molecule has 2 aliphatic heterocycles. The summed E-state index contributed by atoms with van der Waals surface area (Å²) >= 11 is 0. The standard InChI is InChI=1S/C24H28FN5O2/c1-15-10-16(2)12-30(11-15)24(31)18-4-3-9-29(13-18)22-20-21(17-5-7-19(25)8-6-17)28-32-23(20)27-14-26-22/h5-8,14-16,18H,3-4,9-13H2,1-2H3/t15-,16-,18-/m1/s1. The van der Waals surface area contributed by atoms with Crippen LogP contribution in [-0.2, 0) is 4.79 Å². The predicted molar refractivity (Wildman–Crippen MR) is 119 cm³/mol. The van der Waals surface area contributed by atoms with Gasteiger partial charge in [-0.1, -0.05) is 19.0 Å². The Hall–Kier alpha value is -3.03. The minimum atomic E-state index is -0.309.